The van der Waals surface area contributed by atoms with E-state index in [1.54, 1.807) is 35.5 Å². The number of rotatable bonds is 6. The molecule has 0 bridgehead atoms. The number of aromatic nitrogens is 2. The third-order valence-electron chi connectivity index (χ3n) is 4.65. The van der Waals surface area contributed by atoms with E-state index in [-0.39, 0.29) is 12.1 Å². The summed E-state index contributed by atoms with van der Waals surface area (Å²) in [7, 11) is 0.0528. The van der Waals surface area contributed by atoms with Crippen LogP contribution >= 0.6 is 0 Å². The van der Waals surface area contributed by atoms with Gasteiger partial charge in [0.05, 0.1) is 12.3 Å². The van der Waals surface area contributed by atoms with Crippen molar-refractivity contribution in [2.24, 2.45) is 7.05 Å². The van der Waals surface area contributed by atoms with Gasteiger partial charge >= 0.3 is 0 Å². The molecular weight excluding hydrogens is 304 g/mol. The molecule has 1 saturated heterocycles. The van der Waals surface area contributed by atoms with Crippen molar-refractivity contribution in [2.75, 3.05) is 13.6 Å². The highest BCUT2D eigenvalue weighted by atomic mass is 32.2. The van der Waals surface area contributed by atoms with Gasteiger partial charge in [-0.1, -0.05) is 0 Å². The first-order valence-electron chi connectivity index (χ1n) is 7.81. The van der Waals surface area contributed by atoms with Crippen molar-refractivity contribution in [2.45, 2.75) is 50.3 Å². The van der Waals surface area contributed by atoms with Gasteiger partial charge in [-0.25, -0.2) is 0 Å². The summed E-state index contributed by atoms with van der Waals surface area (Å²) >= 11 is 0. The lowest BCUT2D eigenvalue weighted by atomic mass is 10.0. The Morgan fingerprint density at radius 2 is 2.18 bits per heavy atom. The molecule has 1 N–H and O–H groups in total. The molecule has 0 amide bonds. The standard InChI is InChI=1S/C14H24N4O3S/c1-16-10-11(9-15-16)14(19)8-13-4-3-7-18(13)22(20,21)17(2)12-5-6-12/h9-10,12-14,19H,3-8H2,1-2H3. The van der Waals surface area contributed by atoms with Crippen LogP contribution in [0.4, 0.5) is 0 Å². The highest BCUT2D eigenvalue weighted by Crippen LogP contribution is 2.34. The first-order valence-corrected chi connectivity index (χ1v) is 9.20. The predicted molar refractivity (Wildman–Crippen MR) is 82.2 cm³/mol. The van der Waals surface area contributed by atoms with E-state index in [0.29, 0.717) is 13.0 Å². The lowest BCUT2D eigenvalue weighted by molar-refractivity contribution is 0.140. The molecule has 1 aromatic rings. The molecule has 2 fully saturated rings. The van der Waals surface area contributed by atoms with E-state index >= 15 is 0 Å². The maximum absolute atomic E-state index is 12.7. The van der Waals surface area contributed by atoms with Crippen LogP contribution in [0.25, 0.3) is 0 Å². The normalized spacial score (nSPS) is 25.0. The molecule has 1 aliphatic carbocycles. The SMILES string of the molecule is CN(C1CC1)S(=O)(=O)N1CCCC1CC(O)c1cnn(C)c1. The minimum Gasteiger partial charge on any atom is -0.388 e. The number of hydrogen-bond donors (Lipinski definition) is 1. The Hall–Kier alpha value is -0.960. The van der Waals surface area contributed by atoms with E-state index in [1.807, 2.05) is 0 Å². The molecule has 2 unspecified atom stereocenters. The quantitative estimate of drug-likeness (QED) is 0.831. The van der Waals surface area contributed by atoms with Crippen LogP contribution in [0.15, 0.2) is 12.4 Å². The van der Waals surface area contributed by atoms with Crippen molar-refractivity contribution < 1.29 is 13.5 Å². The highest BCUT2D eigenvalue weighted by molar-refractivity contribution is 7.86. The van der Waals surface area contributed by atoms with E-state index in [0.717, 1.165) is 31.2 Å². The fourth-order valence-electron chi connectivity index (χ4n) is 3.15. The van der Waals surface area contributed by atoms with Crippen molar-refractivity contribution in [1.82, 2.24) is 18.4 Å². The lowest BCUT2D eigenvalue weighted by Gasteiger charge is -2.29. The van der Waals surface area contributed by atoms with E-state index in [9.17, 15) is 13.5 Å². The molecule has 1 aliphatic heterocycles. The van der Waals surface area contributed by atoms with Crippen LogP contribution in [-0.2, 0) is 17.3 Å². The van der Waals surface area contributed by atoms with Gasteiger partial charge in [0.15, 0.2) is 0 Å². The summed E-state index contributed by atoms with van der Waals surface area (Å²) in [4.78, 5) is 0. The van der Waals surface area contributed by atoms with Gasteiger partial charge in [-0.15, -0.1) is 0 Å². The summed E-state index contributed by atoms with van der Waals surface area (Å²) in [5, 5.41) is 14.4. The maximum atomic E-state index is 12.7. The number of aliphatic hydroxyl groups excluding tert-OH is 1. The summed E-state index contributed by atoms with van der Waals surface area (Å²) in [6.45, 7) is 0.545. The van der Waals surface area contributed by atoms with Gasteiger partial charge in [-0.3, -0.25) is 4.68 Å². The zero-order valence-corrected chi connectivity index (χ0v) is 13.9. The average molecular weight is 328 g/mol. The van der Waals surface area contributed by atoms with Gasteiger partial charge in [0.1, 0.15) is 0 Å². The number of nitrogens with zero attached hydrogens (tertiary/aromatic N) is 4. The van der Waals surface area contributed by atoms with Crippen LogP contribution in [0.3, 0.4) is 0 Å². The molecule has 2 atom stereocenters. The van der Waals surface area contributed by atoms with Crippen LogP contribution in [0.2, 0.25) is 0 Å². The van der Waals surface area contributed by atoms with E-state index in [2.05, 4.69) is 5.10 Å². The molecule has 22 heavy (non-hydrogen) atoms. The van der Waals surface area contributed by atoms with Gasteiger partial charge in [0.25, 0.3) is 10.2 Å². The first kappa shape index (κ1) is 15.9. The van der Waals surface area contributed by atoms with Crippen LogP contribution in [-0.4, -0.2) is 57.6 Å². The minimum absolute atomic E-state index is 0.138. The summed E-state index contributed by atoms with van der Waals surface area (Å²) in [6, 6.07) is 0.0240. The molecule has 0 spiro atoms. The number of aryl methyl sites for hydroxylation is 1. The van der Waals surface area contributed by atoms with Crippen molar-refractivity contribution >= 4 is 10.2 Å². The molecule has 8 heteroatoms. The second kappa shape index (κ2) is 5.92. The van der Waals surface area contributed by atoms with Crippen molar-refractivity contribution in [3.05, 3.63) is 18.0 Å². The Balaban J connectivity index is 1.70. The third-order valence-corrected chi connectivity index (χ3v) is 6.75. The topological polar surface area (TPSA) is 78.7 Å². The van der Waals surface area contributed by atoms with Crippen molar-refractivity contribution in [3.63, 3.8) is 0 Å². The summed E-state index contributed by atoms with van der Waals surface area (Å²) in [5.74, 6) is 0. The Kier molecular flexibility index (Phi) is 4.28. The van der Waals surface area contributed by atoms with Crippen LogP contribution in [0, 0.1) is 0 Å². The molecule has 3 rings (SSSR count). The lowest BCUT2D eigenvalue weighted by Crippen LogP contribution is -2.45. The van der Waals surface area contributed by atoms with Gasteiger partial charge in [-0.05, 0) is 32.1 Å². The van der Waals surface area contributed by atoms with E-state index < -0.39 is 16.3 Å². The molecular formula is C14H24N4O3S. The van der Waals surface area contributed by atoms with Gasteiger partial charge < -0.3 is 5.11 Å². The summed E-state index contributed by atoms with van der Waals surface area (Å²) < 4.78 is 30.1. The molecule has 2 heterocycles. The third kappa shape index (κ3) is 3.05. The average Bonchev–Trinajstić information content (AvgIpc) is 3.05. The largest absolute Gasteiger partial charge is 0.388 e. The van der Waals surface area contributed by atoms with Gasteiger partial charge in [0.2, 0.25) is 0 Å². The summed E-state index contributed by atoms with van der Waals surface area (Å²) in [5.41, 5.74) is 0.738. The fraction of sp³-hybridized carbons (Fsp3) is 0.786. The fourth-order valence-corrected chi connectivity index (χ4v) is 4.99. The molecule has 1 saturated carbocycles. The monoisotopic (exact) mass is 328 g/mol. The second-order valence-electron chi connectivity index (χ2n) is 6.36. The predicted octanol–water partition coefficient (Wildman–Crippen LogP) is 0.647. The summed E-state index contributed by atoms with van der Waals surface area (Å²) in [6.07, 6.45) is 6.70. The van der Waals surface area contributed by atoms with Gasteiger partial charge in [-0.2, -0.15) is 22.1 Å². The zero-order valence-electron chi connectivity index (χ0n) is 13.1. The minimum atomic E-state index is -3.41. The number of aliphatic hydroxyl groups is 1. The number of hydrogen-bond acceptors (Lipinski definition) is 4. The Morgan fingerprint density at radius 1 is 1.45 bits per heavy atom. The van der Waals surface area contributed by atoms with Crippen molar-refractivity contribution in [1.29, 1.82) is 0 Å². The maximum Gasteiger partial charge on any atom is 0.282 e. The molecule has 7 nitrogen and oxygen atoms in total. The van der Waals surface area contributed by atoms with Crippen LogP contribution in [0.5, 0.6) is 0 Å². The highest BCUT2D eigenvalue weighted by Gasteiger charge is 2.42. The van der Waals surface area contributed by atoms with Crippen LogP contribution in [0.1, 0.15) is 43.8 Å². The first-order chi connectivity index (χ1) is 10.4. The van der Waals surface area contributed by atoms with E-state index in [1.165, 1.54) is 4.31 Å². The van der Waals surface area contributed by atoms with Crippen LogP contribution < -0.4 is 0 Å². The molecule has 0 radical (unpaired) electrons. The smallest absolute Gasteiger partial charge is 0.282 e. The zero-order chi connectivity index (χ0) is 15.9. The molecule has 2 aliphatic rings. The Bertz CT molecular complexity index is 626. The molecule has 1 aromatic heterocycles. The molecule has 0 aromatic carbocycles. The van der Waals surface area contributed by atoms with Crippen molar-refractivity contribution in [3.8, 4) is 0 Å². The molecule has 124 valence electrons. The Labute approximate surface area is 131 Å². The van der Waals surface area contributed by atoms with E-state index in [4.69, 9.17) is 0 Å². The van der Waals surface area contributed by atoms with Gasteiger partial charge in [0, 0.05) is 44.5 Å². The second-order valence-corrected chi connectivity index (χ2v) is 8.30. The Morgan fingerprint density at radius 3 is 2.77 bits per heavy atom.